The molecule has 1 heteroatoms. The Balaban J connectivity index is 0.000000531. The van der Waals surface area contributed by atoms with Crippen LogP contribution in [-0.2, 0) is 6.42 Å². The van der Waals surface area contributed by atoms with Gasteiger partial charge in [0.25, 0.3) is 0 Å². The highest BCUT2D eigenvalue weighted by atomic mass is 14.8. The molecule has 0 saturated carbocycles. The monoisotopic (exact) mass is 203 g/mol. The third-order valence-corrected chi connectivity index (χ3v) is 2.47. The second kappa shape index (κ2) is 4.61. The van der Waals surface area contributed by atoms with E-state index in [9.17, 15) is 0 Å². The van der Waals surface area contributed by atoms with Gasteiger partial charge in [0.15, 0.2) is 0 Å². The van der Waals surface area contributed by atoms with Gasteiger partial charge in [0.05, 0.1) is 5.69 Å². The lowest BCUT2D eigenvalue weighted by molar-refractivity contribution is 0.584. The van der Waals surface area contributed by atoms with Gasteiger partial charge >= 0.3 is 0 Å². The van der Waals surface area contributed by atoms with Gasteiger partial charge in [-0.05, 0) is 11.6 Å². The molecule has 0 N–H and O–H groups in total. The van der Waals surface area contributed by atoms with Crippen molar-refractivity contribution in [1.82, 2.24) is 0 Å². The smallest absolute Gasteiger partial charge is 0.0665 e. The van der Waals surface area contributed by atoms with E-state index in [1.54, 1.807) is 0 Å². The minimum Gasteiger partial charge on any atom is -0.257 e. The summed E-state index contributed by atoms with van der Waals surface area (Å²) in [5.41, 5.74) is 4.03. The maximum atomic E-state index is 4.64. The van der Waals surface area contributed by atoms with Crippen molar-refractivity contribution in [3.05, 3.63) is 29.8 Å². The molecule has 0 saturated heterocycles. The van der Waals surface area contributed by atoms with Crippen molar-refractivity contribution in [3.8, 4) is 0 Å². The molecule has 1 aliphatic rings. The molecule has 0 bridgehead atoms. The number of para-hydroxylation sites is 1. The molecular weight excluding hydrogens is 182 g/mol. The second-order valence-corrected chi connectivity index (χ2v) is 4.61. The molecule has 2 rings (SSSR count). The Hall–Kier alpha value is -1.11. The first-order chi connectivity index (χ1) is 7.07. The first-order valence-electron chi connectivity index (χ1n) is 5.73. The maximum Gasteiger partial charge on any atom is 0.0665 e. The summed E-state index contributed by atoms with van der Waals surface area (Å²) < 4.78 is 0. The molecule has 1 aromatic carbocycles. The van der Waals surface area contributed by atoms with Crippen LogP contribution in [0.15, 0.2) is 29.3 Å². The van der Waals surface area contributed by atoms with E-state index in [1.165, 1.54) is 11.3 Å². The van der Waals surface area contributed by atoms with Crippen LogP contribution in [0.3, 0.4) is 0 Å². The number of hydrogen-bond acceptors (Lipinski definition) is 1. The molecule has 0 spiro atoms. The Morgan fingerprint density at radius 2 is 1.67 bits per heavy atom. The molecule has 0 fully saturated rings. The highest BCUT2D eigenvalue weighted by molar-refractivity contribution is 5.97. The molecule has 0 radical (unpaired) electrons. The molecule has 1 nitrogen and oxygen atoms in total. The van der Waals surface area contributed by atoms with E-state index in [4.69, 9.17) is 0 Å². The summed E-state index contributed by atoms with van der Waals surface area (Å²) >= 11 is 0. The van der Waals surface area contributed by atoms with Gasteiger partial charge in [-0.1, -0.05) is 52.8 Å². The molecule has 1 aromatic rings. The lowest BCUT2D eigenvalue weighted by Crippen LogP contribution is -2.19. The zero-order valence-corrected chi connectivity index (χ0v) is 10.5. The highest BCUT2D eigenvalue weighted by Gasteiger charge is 2.24. The van der Waals surface area contributed by atoms with Gasteiger partial charge in [-0.2, -0.15) is 0 Å². The van der Waals surface area contributed by atoms with Crippen molar-refractivity contribution in [3.63, 3.8) is 0 Å². The fourth-order valence-corrected chi connectivity index (χ4v) is 1.57. The molecule has 1 aliphatic heterocycles. The fraction of sp³-hybridized carbons (Fsp3) is 0.500. The van der Waals surface area contributed by atoms with Gasteiger partial charge in [0, 0.05) is 17.5 Å². The summed E-state index contributed by atoms with van der Waals surface area (Å²) in [4.78, 5) is 4.64. The zero-order chi connectivity index (χ0) is 11.5. The summed E-state index contributed by atoms with van der Waals surface area (Å²) in [5, 5.41) is 0. The van der Waals surface area contributed by atoms with Crippen molar-refractivity contribution >= 4 is 11.4 Å². The predicted octanol–water partition coefficient (Wildman–Crippen LogP) is 4.39. The van der Waals surface area contributed by atoms with Crippen molar-refractivity contribution in [2.75, 3.05) is 0 Å². The number of rotatable bonds is 0. The molecule has 1 heterocycles. The third-order valence-electron chi connectivity index (χ3n) is 2.47. The molecular formula is C14H21N. The highest BCUT2D eigenvalue weighted by Crippen LogP contribution is 2.32. The van der Waals surface area contributed by atoms with Crippen LogP contribution in [0.25, 0.3) is 0 Å². The average molecular weight is 203 g/mol. The van der Waals surface area contributed by atoms with Gasteiger partial charge in [-0.15, -0.1) is 0 Å². The summed E-state index contributed by atoms with van der Waals surface area (Å²) in [6, 6.07) is 8.39. The zero-order valence-electron chi connectivity index (χ0n) is 10.5. The van der Waals surface area contributed by atoms with Crippen LogP contribution in [0.5, 0.6) is 0 Å². The van der Waals surface area contributed by atoms with E-state index >= 15 is 0 Å². The first-order valence-corrected chi connectivity index (χ1v) is 5.73. The van der Waals surface area contributed by atoms with Gasteiger partial charge in [0.2, 0.25) is 0 Å². The number of nitrogens with zero attached hydrogens (tertiary/aromatic N) is 1. The van der Waals surface area contributed by atoms with Crippen LogP contribution < -0.4 is 0 Å². The topological polar surface area (TPSA) is 12.4 Å². The summed E-state index contributed by atoms with van der Waals surface area (Å²) in [6.45, 7) is 10.7. The van der Waals surface area contributed by atoms with Crippen LogP contribution in [0.2, 0.25) is 0 Å². The van der Waals surface area contributed by atoms with Crippen molar-refractivity contribution in [2.24, 2.45) is 10.4 Å². The summed E-state index contributed by atoms with van der Waals surface area (Å²) in [5.74, 6) is 0. The Kier molecular flexibility index (Phi) is 3.67. The van der Waals surface area contributed by atoms with E-state index in [1.807, 2.05) is 19.9 Å². The number of fused-ring (bicyclic) bond motifs is 1. The Morgan fingerprint density at radius 1 is 1.07 bits per heavy atom. The quantitative estimate of drug-likeness (QED) is 0.593. The van der Waals surface area contributed by atoms with Gasteiger partial charge in [0.1, 0.15) is 0 Å². The SMILES string of the molecule is CC.CC(C)(C)C1=Nc2ccccc2C1. The number of aliphatic imine (C=N–C) groups is 1. The van der Waals surface area contributed by atoms with E-state index in [2.05, 4.69) is 44.0 Å². The van der Waals surface area contributed by atoms with E-state index in [0.717, 1.165) is 12.1 Å². The molecule has 0 amide bonds. The molecule has 0 aliphatic carbocycles. The normalized spacial score (nSPS) is 13.8. The molecule has 0 unspecified atom stereocenters. The van der Waals surface area contributed by atoms with E-state index in [-0.39, 0.29) is 5.41 Å². The Labute approximate surface area is 93.2 Å². The number of benzene rings is 1. The number of hydrogen-bond donors (Lipinski definition) is 0. The maximum absolute atomic E-state index is 4.64. The largest absolute Gasteiger partial charge is 0.257 e. The summed E-state index contributed by atoms with van der Waals surface area (Å²) in [7, 11) is 0. The van der Waals surface area contributed by atoms with E-state index in [0.29, 0.717) is 0 Å². The predicted molar refractivity (Wildman–Crippen MR) is 68.0 cm³/mol. The van der Waals surface area contributed by atoms with Crippen LogP contribution in [0, 0.1) is 5.41 Å². The van der Waals surface area contributed by atoms with E-state index < -0.39 is 0 Å². The van der Waals surface area contributed by atoms with Gasteiger partial charge in [-0.25, -0.2) is 0 Å². The van der Waals surface area contributed by atoms with Crippen LogP contribution in [0.1, 0.15) is 40.2 Å². The Bertz CT molecular complexity index is 356. The van der Waals surface area contributed by atoms with Crippen LogP contribution in [0.4, 0.5) is 5.69 Å². The van der Waals surface area contributed by atoms with Gasteiger partial charge < -0.3 is 0 Å². The molecule has 15 heavy (non-hydrogen) atoms. The van der Waals surface area contributed by atoms with Crippen LogP contribution >= 0.6 is 0 Å². The first kappa shape index (κ1) is 12.0. The minimum atomic E-state index is 0.207. The molecule has 82 valence electrons. The van der Waals surface area contributed by atoms with Gasteiger partial charge in [-0.3, -0.25) is 4.99 Å². The van der Waals surface area contributed by atoms with Crippen molar-refractivity contribution < 1.29 is 0 Å². The van der Waals surface area contributed by atoms with Crippen molar-refractivity contribution in [1.29, 1.82) is 0 Å². The Morgan fingerprint density at radius 3 is 2.20 bits per heavy atom. The molecule has 0 aromatic heterocycles. The fourth-order valence-electron chi connectivity index (χ4n) is 1.57. The minimum absolute atomic E-state index is 0.207. The lowest BCUT2D eigenvalue weighted by atomic mass is 9.87. The second-order valence-electron chi connectivity index (χ2n) is 4.61. The summed E-state index contributed by atoms with van der Waals surface area (Å²) in [6.07, 6.45) is 1.03. The standard InChI is InChI=1S/C12H15N.C2H6/c1-12(2,3)11-8-9-6-4-5-7-10(9)13-11;1-2/h4-7H,8H2,1-3H3;1-2H3. The van der Waals surface area contributed by atoms with Crippen molar-refractivity contribution in [2.45, 2.75) is 41.0 Å². The molecule has 0 atom stereocenters. The third kappa shape index (κ3) is 2.68. The lowest BCUT2D eigenvalue weighted by Gasteiger charge is -2.17. The average Bonchev–Trinajstić information content (AvgIpc) is 2.63. The van der Waals surface area contributed by atoms with Crippen LogP contribution in [-0.4, -0.2) is 5.71 Å².